The zero-order valence-corrected chi connectivity index (χ0v) is 16.7. The molecule has 1 unspecified atom stereocenters. The highest BCUT2D eigenvalue weighted by atomic mass is 32.1. The molecule has 1 aromatic carbocycles. The standard InChI is InChI=1S/C18H28N6S/c1-15(14-25)21(2)10-11-22(3)17-8-6-16(7-9-17)19-20-18-23(4)12-13-24(18)5/h6-9,12-13,15H,10-11,14H2,1-5H3/p+1. The van der Waals surface area contributed by atoms with Gasteiger partial charge >= 0.3 is 5.95 Å². The smallest absolute Gasteiger partial charge is 0.373 e. The second kappa shape index (κ2) is 9.01. The van der Waals surface area contributed by atoms with Crippen molar-refractivity contribution in [2.24, 2.45) is 24.3 Å². The summed E-state index contributed by atoms with van der Waals surface area (Å²) in [5.41, 5.74) is 2.02. The van der Waals surface area contributed by atoms with Crippen LogP contribution in [0.25, 0.3) is 0 Å². The fourth-order valence-electron chi connectivity index (χ4n) is 2.40. The lowest BCUT2D eigenvalue weighted by Crippen LogP contribution is -2.37. The minimum absolute atomic E-state index is 0.485. The van der Waals surface area contributed by atoms with Crippen LogP contribution in [0.15, 0.2) is 46.9 Å². The molecule has 0 aliphatic heterocycles. The number of imidazole rings is 1. The van der Waals surface area contributed by atoms with E-state index in [1.807, 2.05) is 47.8 Å². The highest BCUT2D eigenvalue weighted by Crippen LogP contribution is 2.20. The van der Waals surface area contributed by atoms with E-state index in [0.717, 1.165) is 30.5 Å². The molecule has 0 fully saturated rings. The molecule has 1 heterocycles. The van der Waals surface area contributed by atoms with Gasteiger partial charge in [-0.05, 0) is 38.2 Å². The summed E-state index contributed by atoms with van der Waals surface area (Å²) < 4.78 is 3.88. The van der Waals surface area contributed by atoms with Gasteiger partial charge in [0.2, 0.25) is 0 Å². The number of likely N-dealkylation sites (N-methyl/N-ethyl adjacent to an activating group) is 2. The van der Waals surface area contributed by atoms with Gasteiger partial charge < -0.3 is 9.80 Å². The summed E-state index contributed by atoms with van der Waals surface area (Å²) in [6.45, 7) is 4.16. The van der Waals surface area contributed by atoms with Gasteiger partial charge in [-0.25, -0.2) is 9.13 Å². The van der Waals surface area contributed by atoms with Gasteiger partial charge in [0.25, 0.3) is 0 Å². The molecule has 7 heteroatoms. The first kappa shape index (κ1) is 19.5. The average Bonchev–Trinajstić information content (AvgIpc) is 2.95. The van der Waals surface area contributed by atoms with Gasteiger partial charge in [-0.2, -0.15) is 12.6 Å². The van der Waals surface area contributed by atoms with Gasteiger partial charge in [0.15, 0.2) is 0 Å². The summed E-state index contributed by atoms with van der Waals surface area (Å²) in [6.07, 6.45) is 3.91. The van der Waals surface area contributed by atoms with E-state index >= 15 is 0 Å². The number of azo groups is 1. The molecular formula is C18H29N6S+. The Kier molecular flexibility index (Phi) is 7.01. The highest BCUT2D eigenvalue weighted by Gasteiger charge is 2.11. The molecule has 0 spiro atoms. The predicted molar refractivity (Wildman–Crippen MR) is 106 cm³/mol. The zero-order chi connectivity index (χ0) is 18.4. The Morgan fingerprint density at radius 2 is 1.84 bits per heavy atom. The van der Waals surface area contributed by atoms with Gasteiger partial charge in [-0.3, -0.25) is 0 Å². The van der Waals surface area contributed by atoms with Crippen molar-refractivity contribution in [3.8, 4) is 0 Å². The number of hydrogen-bond donors (Lipinski definition) is 1. The number of anilines is 1. The Hall–Kier alpha value is -1.86. The van der Waals surface area contributed by atoms with Gasteiger partial charge in [-0.1, -0.05) is 5.11 Å². The highest BCUT2D eigenvalue weighted by molar-refractivity contribution is 7.80. The second-order valence-corrected chi connectivity index (χ2v) is 6.84. The number of aromatic nitrogens is 2. The molecule has 0 aliphatic carbocycles. The number of aryl methyl sites for hydroxylation is 2. The Balaban J connectivity index is 1.95. The van der Waals surface area contributed by atoms with E-state index in [2.05, 4.69) is 65.8 Å². The van der Waals surface area contributed by atoms with E-state index in [4.69, 9.17) is 0 Å². The van der Waals surface area contributed by atoms with Crippen molar-refractivity contribution in [3.05, 3.63) is 36.7 Å². The van der Waals surface area contributed by atoms with Crippen LogP contribution in [0.4, 0.5) is 17.3 Å². The maximum absolute atomic E-state index is 4.36. The van der Waals surface area contributed by atoms with Crippen LogP contribution in [-0.4, -0.2) is 48.4 Å². The van der Waals surface area contributed by atoms with Crippen LogP contribution < -0.4 is 9.47 Å². The molecule has 0 radical (unpaired) electrons. The SMILES string of the molecule is CC(CS)N(C)CCN(C)c1ccc(N=Nc2n(C)cc[n+]2C)cc1. The van der Waals surface area contributed by atoms with Crippen LogP contribution in [0.5, 0.6) is 0 Å². The molecule has 2 rings (SSSR count). The molecule has 2 aromatic rings. The summed E-state index contributed by atoms with van der Waals surface area (Å²) in [4.78, 5) is 4.58. The van der Waals surface area contributed by atoms with Crippen molar-refractivity contribution in [1.29, 1.82) is 0 Å². The number of nitrogens with zero attached hydrogens (tertiary/aromatic N) is 6. The Morgan fingerprint density at radius 1 is 1.16 bits per heavy atom. The molecule has 1 atom stereocenters. The normalized spacial score (nSPS) is 12.9. The first-order chi connectivity index (χ1) is 11.9. The molecule has 25 heavy (non-hydrogen) atoms. The van der Waals surface area contributed by atoms with Crippen LogP contribution >= 0.6 is 12.6 Å². The van der Waals surface area contributed by atoms with Gasteiger partial charge in [0, 0.05) is 42.7 Å². The number of thiol groups is 1. The van der Waals surface area contributed by atoms with Gasteiger partial charge in [0.1, 0.15) is 5.69 Å². The molecule has 0 N–H and O–H groups in total. The maximum atomic E-state index is 4.36. The van der Waals surface area contributed by atoms with E-state index in [1.165, 1.54) is 5.69 Å². The summed E-state index contributed by atoms with van der Waals surface area (Å²) in [6, 6.07) is 8.65. The van der Waals surface area contributed by atoms with Crippen molar-refractivity contribution in [3.63, 3.8) is 0 Å². The lowest BCUT2D eigenvalue weighted by molar-refractivity contribution is -0.657. The van der Waals surface area contributed by atoms with Crippen LogP contribution in [0.2, 0.25) is 0 Å². The van der Waals surface area contributed by atoms with Crippen LogP contribution in [0.3, 0.4) is 0 Å². The fourth-order valence-corrected chi connectivity index (χ4v) is 2.67. The van der Waals surface area contributed by atoms with Crippen LogP contribution in [0.1, 0.15) is 6.92 Å². The monoisotopic (exact) mass is 361 g/mol. The van der Waals surface area contributed by atoms with E-state index in [-0.39, 0.29) is 0 Å². The number of rotatable bonds is 8. The fraction of sp³-hybridized carbons (Fsp3) is 0.500. The summed E-state index contributed by atoms with van der Waals surface area (Å²) >= 11 is 4.36. The van der Waals surface area contributed by atoms with Crippen LogP contribution in [-0.2, 0) is 14.1 Å². The minimum atomic E-state index is 0.485. The molecule has 1 aromatic heterocycles. The van der Waals surface area contributed by atoms with Crippen molar-refractivity contribution < 1.29 is 4.57 Å². The lowest BCUT2D eigenvalue weighted by Gasteiger charge is -2.27. The molecular weight excluding hydrogens is 332 g/mol. The largest absolute Gasteiger partial charge is 0.421 e. The second-order valence-electron chi connectivity index (χ2n) is 6.47. The van der Waals surface area contributed by atoms with E-state index in [9.17, 15) is 0 Å². The molecule has 0 amide bonds. The topological polar surface area (TPSA) is 40.0 Å². The maximum Gasteiger partial charge on any atom is 0.421 e. The summed E-state index contributed by atoms with van der Waals surface area (Å²) in [5.74, 6) is 1.68. The molecule has 0 bridgehead atoms. The predicted octanol–water partition coefficient (Wildman–Crippen LogP) is 2.95. The molecule has 0 saturated heterocycles. The molecule has 136 valence electrons. The average molecular weight is 362 g/mol. The lowest BCUT2D eigenvalue weighted by atomic mass is 10.2. The van der Waals surface area contributed by atoms with E-state index in [1.54, 1.807) is 0 Å². The zero-order valence-electron chi connectivity index (χ0n) is 15.8. The van der Waals surface area contributed by atoms with E-state index < -0.39 is 0 Å². The Bertz CT molecular complexity index is 675. The third kappa shape index (κ3) is 5.31. The minimum Gasteiger partial charge on any atom is -0.373 e. The Morgan fingerprint density at radius 3 is 2.40 bits per heavy atom. The van der Waals surface area contributed by atoms with Crippen molar-refractivity contribution in [1.82, 2.24) is 9.47 Å². The van der Waals surface area contributed by atoms with Gasteiger partial charge in [0.05, 0.1) is 26.5 Å². The van der Waals surface area contributed by atoms with Crippen molar-refractivity contribution in [2.75, 3.05) is 37.8 Å². The van der Waals surface area contributed by atoms with Crippen molar-refractivity contribution in [2.45, 2.75) is 13.0 Å². The van der Waals surface area contributed by atoms with E-state index in [0.29, 0.717) is 6.04 Å². The number of hydrogen-bond acceptors (Lipinski definition) is 5. The number of benzene rings is 1. The van der Waals surface area contributed by atoms with Gasteiger partial charge in [-0.15, -0.1) is 0 Å². The Labute approximate surface area is 156 Å². The first-order valence-corrected chi connectivity index (χ1v) is 9.10. The summed E-state index contributed by atoms with van der Waals surface area (Å²) in [7, 11) is 8.16. The third-order valence-corrected chi connectivity index (χ3v) is 5.02. The quantitative estimate of drug-likeness (QED) is 0.446. The first-order valence-electron chi connectivity index (χ1n) is 8.47. The molecule has 6 nitrogen and oxygen atoms in total. The third-order valence-electron chi connectivity index (χ3n) is 4.50. The van der Waals surface area contributed by atoms with Crippen molar-refractivity contribution >= 4 is 30.0 Å². The van der Waals surface area contributed by atoms with Crippen LogP contribution in [0, 0.1) is 0 Å². The summed E-state index contributed by atoms with van der Waals surface area (Å²) in [5, 5.41) is 8.65. The molecule has 0 aliphatic rings. The molecule has 0 saturated carbocycles.